The molecule has 0 fully saturated rings. The zero-order chi connectivity index (χ0) is 13.8. The minimum atomic E-state index is 0.0115. The summed E-state index contributed by atoms with van der Waals surface area (Å²) in [6.07, 6.45) is 0. The van der Waals surface area contributed by atoms with Crippen molar-refractivity contribution in [1.82, 2.24) is 5.32 Å². The van der Waals surface area contributed by atoms with Crippen LogP contribution in [0.1, 0.15) is 31.9 Å². The zero-order valence-electron chi connectivity index (χ0n) is 11.3. The summed E-state index contributed by atoms with van der Waals surface area (Å²) in [5.41, 5.74) is 7.23. The molecule has 0 aliphatic rings. The van der Waals surface area contributed by atoms with Crippen LogP contribution in [0.15, 0.2) is 23.4 Å². The van der Waals surface area contributed by atoms with Crippen LogP contribution in [-0.2, 0) is 6.54 Å². The summed E-state index contributed by atoms with van der Waals surface area (Å²) in [6.45, 7) is 6.92. The number of rotatable bonds is 4. The van der Waals surface area contributed by atoms with E-state index in [9.17, 15) is 0 Å². The summed E-state index contributed by atoms with van der Waals surface area (Å²) in [5.74, 6) is 0.871. The Morgan fingerprint density at radius 1 is 1.44 bits per heavy atom. The van der Waals surface area contributed by atoms with Crippen molar-refractivity contribution >= 4 is 5.84 Å². The van der Waals surface area contributed by atoms with E-state index in [1.54, 1.807) is 13.2 Å². The Morgan fingerprint density at radius 3 is 2.61 bits per heavy atom. The number of benzene rings is 1. The number of amidine groups is 1. The number of ether oxygens (including phenoxy) is 1. The Bertz CT molecular complexity index is 436. The van der Waals surface area contributed by atoms with Gasteiger partial charge in [0.1, 0.15) is 5.75 Å². The van der Waals surface area contributed by atoms with Crippen molar-refractivity contribution in [2.75, 3.05) is 7.11 Å². The molecule has 0 aliphatic carbocycles. The number of nitrogens with two attached hydrogens (primary N) is 1. The fraction of sp³-hybridized carbons (Fsp3) is 0.462. The molecule has 0 atom stereocenters. The summed E-state index contributed by atoms with van der Waals surface area (Å²) in [4.78, 5) is 0. The Balaban J connectivity index is 2.99. The third kappa shape index (κ3) is 3.92. The van der Waals surface area contributed by atoms with Crippen molar-refractivity contribution in [3.63, 3.8) is 0 Å². The molecule has 0 radical (unpaired) electrons. The summed E-state index contributed by atoms with van der Waals surface area (Å²) in [6, 6.07) is 5.42. The molecule has 0 spiro atoms. The molecule has 0 saturated carbocycles. The SMILES string of the molecule is COc1ccc(/C(N)=N/O)cc1CNC(C)(C)C. The largest absolute Gasteiger partial charge is 0.496 e. The maximum atomic E-state index is 8.68. The van der Waals surface area contributed by atoms with Gasteiger partial charge in [0, 0.05) is 23.2 Å². The monoisotopic (exact) mass is 251 g/mol. The van der Waals surface area contributed by atoms with Crippen LogP contribution in [0.5, 0.6) is 5.75 Å². The second-order valence-corrected chi connectivity index (χ2v) is 5.12. The fourth-order valence-corrected chi connectivity index (χ4v) is 1.49. The Hall–Kier alpha value is -1.75. The van der Waals surface area contributed by atoms with Crippen molar-refractivity contribution in [2.45, 2.75) is 32.9 Å². The van der Waals surface area contributed by atoms with Crippen LogP contribution in [0.3, 0.4) is 0 Å². The summed E-state index contributed by atoms with van der Waals surface area (Å²) < 4.78 is 5.30. The number of methoxy groups -OCH3 is 1. The second-order valence-electron chi connectivity index (χ2n) is 5.12. The lowest BCUT2D eigenvalue weighted by atomic mass is 10.1. The molecule has 5 nitrogen and oxygen atoms in total. The van der Waals surface area contributed by atoms with Crippen LogP contribution in [0, 0.1) is 0 Å². The number of hydrogen-bond acceptors (Lipinski definition) is 4. The van der Waals surface area contributed by atoms with Gasteiger partial charge in [-0.05, 0) is 39.0 Å². The van der Waals surface area contributed by atoms with Gasteiger partial charge in [0.05, 0.1) is 7.11 Å². The lowest BCUT2D eigenvalue weighted by Gasteiger charge is -2.21. The number of hydrogen-bond donors (Lipinski definition) is 3. The first-order chi connectivity index (χ1) is 8.37. The Kier molecular flexibility index (Phi) is 4.55. The first-order valence-electron chi connectivity index (χ1n) is 5.77. The normalized spacial score (nSPS) is 12.6. The molecule has 100 valence electrons. The van der Waals surface area contributed by atoms with Gasteiger partial charge in [-0.15, -0.1) is 0 Å². The second kappa shape index (κ2) is 5.73. The van der Waals surface area contributed by atoms with Gasteiger partial charge in [-0.2, -0.15) is 0 Å². The molecular weight excluding hydrogens is 230 g/mol. The molecular formula is C13H21N3O2. The smallest absolute Gasteiger partial charge is 0.170 e. The maximum absolute atomic E-state index is 8.68. The minimum Gasteiger partial charge on any atom is -0.496 e. The van der Waals surface area contributed by atoms with Crippen LogP contribution in [0.2, 0.25) is 0 Å². The molecule has 0 unspecified atom stereocenters. The fourth-order valence-electron chi connectivity index (χ4n) is 1.49. The first kappa shape index (κ1) is 14.3. The van der Waals surface area contributed by atoms with Gasteiger partial charge in [0.2, 0.25) is 0 Å². The van der Waals surface area contributed by atoms with Crippen molar-refractivity contribution in [3.8, 4) is 5.75 Å². The van der Waals surface area contributed by atoms with Gasteiger partial charge >= 0.3 is 0 Å². The lowest BCUT2D eigenvalue weighted by Crippen LogP contribution is -2.35. The molecule has 4 N–H and O–H groups in total. The van der Waals surface area contributed by atoms with E-state index in [0.717, 1.165) is 11.3 Å². The van der Waals surface area contributed by atoms with Gasteiger partial charge in [0.15, 0.2) is 5.84 Å². The predicted molar refractivity (Wildman–Crippen MR) is 72.1 cm³/mol. The molecule has 0 bridgehead atoms. The molecule has 0 saturated heterocycles. The van der Waals surface area contributed by atoms with E-state index in [0.29, 0.717) is 12.1 Å². The van der Waals surface area contributed by atoms with Crippen molar-refractivity contribution in [2.24, 2.45) is 10.9 Å². The molecule has 1 rings (SSSR count). The van der Waals surface area contributed by atoms with Gasteiger partial charge < -0.3 is 21.0 Å². The van der Waals surface area contributed by atoms with E-state index >= 15 is 0 Å². The van der Waals surface area contributed by atoms with Crippen LogP contribution in [-0.4, -0.2) is 23.7 Å². The van der Waals surface area contributed by atoms with Crippen LogP contribution in [0.25, 0.3) is 0 Å². The quantitative estimate of drug-likeness (QED) is 0.329. The van der Waals surface area contributed by atoms with Gasteiger partial charge in [-0.25, -0.2) is 0 Å². The molecule has 1 aromatic carbocycles. The van der Waals surface area contributed by atoms with E-state index in [1.165, 1.54) is 0 Å². The average Bonchev–Trinajstić information content (AvgIpc) is 2.34. The maximum Gasteiger partial charge on any atom is 0.170 e. The number of oxime groups is 1. The average molecular weight is 251 g/mol. The van der Waals surface area contributed by atoms with Crippen LogP contribution < -0.4 is 15.8 Å². The molecule has 5 heteroatoms. The van der Waals surface area contributed by atoms with E-state index in [-0.39, 0.29) is 11.4 Å². The minimum absolute atomic E-state index is 0.0115. The van der Waals surface area contributed by atoms with Crippen LogP contribution >= 0.6 is 0 Å². The highest BCUT2D eigenvalue weighted by atomic mass is 16.5. The summed E-state index contributed by atoms with van der Waals surface area (Å²) in [7, 11) is 1.62. The predicted octanol–water partition coefficient (Wildman–Crippen LogP) is 1.68. The van der Waals surface area contributed by atoms with Crippen molar-refractivity contribution in [3.05, 3.63) is 29.3 Å². The Morgan fingerprint density at radius 2 is 2.11 bits per heavy atom. The van der Waals surface area contributed by atoms with E-state index in [4.69, 9.17) is 15.7 Å². The van der Waals surface area contributed by atoms with E-state index in [1.807, 2.05) is 12.1 Å². The van der Waals surface area contributed by atoms with Crippen molar-refractivity contribution < 1.29 is 9.94 Å². The third-order valence-corrected chi connectivity index (χ3v) is 2.49. The molecule has 0 amide bonds. The molecule has 1 aromatic rings. The molecule has 0 aromatic heterocycles. The molecule has 18 heavy (non-hydrogen) atoms. The van der Waals surface area contributed by atoms with E-state index < -0.39 is 0 Å². The first-order valence-corrected chi connectivity index (χ1v) is 5.77. The highest BCUT2D eigenvalue weighted by molar-refractivity contribution is 5.97. The molecule has 0 aliphatic heterocycles. The number of nitrogens with one attached hydrogen (secondary N) is 1. The topological polar surface area (TPSA) is 79.9 Å². The van der Waals surface area contributed by atoms with E-state index in [2.05, 4.69) is 31.2 Å². The molecule has 0 heterocycles. The summed E-state index contributed by atoms with van der Waals surface area (Å²) >= 11 is 0. The van der Waals surface area contributed by atoms with Gasteiger partial charge in [-0.1, -0.05) is 5.16 Å². The zero-order valence-corrected chi connectivity index (χ0v) is 11.3. The number of nitrogens with zero attached hydrogens (tertiary/aromatic N) is 1. The van der Waals surface area contributed by atoms with Crippen LogP contribution in [0.4, 0.5) is 0 Å². The summed E-state index contributed by atoms with van der Waals surface area (Å²) in [5, 5.41) is 15.1. The Labute approximate surface area is 108 Å². The highest BCUT2D eigenvalue weighted by Crippen LogP contribution is 2.20. The third-order valence-electron chi connectivity index (χ3n) is 2.49. The lowest BCUT2D eigenvalue weighted by molar-refractivity contribution is 0.318. The highest BCUT2D eigenvalue weighted by Gasteiger charge is 2.12. The van der Waals surface area contributed by atoms with Crippen molar-refractivity contribution in [1.29, 1.82) is 0 Å². The standard InChI is InChI=1S/C13H21N3O2/c1-13(2,3)15-8-10-7-9(12(14)16-17)5-6-11(10)18-4/h5-7,15,17H,8H2,1-4H3,(H2,14,16). The van der Waals surface area contributed by atoms with Gasteiger partial charge in [-0.3, -0.25) is 0 Å². The van der Waals surface area contributed by atoms with Gasteiger partial charge in [0.25, 0.3) is 0 Å².